The lowest BCUT2D eigenvalue weighted by atomic mass is 10.1. The van der Waals surface area contributed by atoms with Crippen molar-refractivity contribution in [3.63, 3.8) is 0 Å². The first kappa shape index (κ1) is 12.6. The van der Waals surface area contributed by atoms with Crippen LogP contribution in [-0.2, 0) is 0 Å². The van der Waals surface area contributed by atoms with Gasteiger partial charge in [0, 0.05) is 11.8 Å². The summed E-state index contributed by atoms with van der Waals surface area (Å²) in [7, 11) is 0. The maximum atomic E-state index is 5.81. The molecular weight excluding hydrogens is 202 g/mol. The van der Waals surface area contributed by atoms with Gasteiger partial charge in [-0.05, 0) is 17.2 Å². The summed E-state index contributed by atoms with van der Waals surface area (Å²) in [5.74, 6) is 1.99. The van der Waals surface area contributed by atoms with Gasteiger partial charge in [-0.2, -0.15) is 11.8 Å². The molecule has 15 heavy (non-hydrogen) atoms. The standard InChI is InChI=1S/C13H21NS/c1-3-11(2)10-15-13(9-14)12-7-5-4-6-8-12/h4-8,11,13H,3,9-10,14H2,1-2H3. The van der Waals surface area contributed by atoms with Crippen LogP contribution in [0.5, 0.6) is 0 Å². The summed E-state index contributed by atoms with van der Waals surface area (Å²) in [6.45, 7) is 5.27. The highest BCUT2D eigenvalue weighted by Gasteiger charge is 2.10. The van der Waals surface area contributed by atoms with Crippen LogP contribution in [0.3, 0.4) is 0 Å². The summed E-state index contributed by atoms with van der Waals surface area (Å²) in [6.07, 6.45) is 1.25. The van der Waals surface area contributed by atoms with E-state index in [0.29, 0.717) is 5.25 Å². The maximum absolute atomic E-state index is 5.81. The summed E-state index contributed by atoms with van der Waals surface area (Å²) in [6, 6.07) is 10.6. The Bertz CT molecular complexity index is 260. The van der Waals surface area contributed by atoms with E-state index in [1.54, 1.807) is 0 Å². The van der Waals surface area contributed by atoms with Gasteiger partial charge in [0.25, 0.3) is 0 Å². The number of rotatable bonds is 6. The third-order valence-corrected chi connectivity index (χ3v) is 4.29. The molecule has 2 heteroatoms. The average molecular weight is 223 g/mol. The van der Waals surface area contributed by atoms with Crippen molar-refractivity contribution >= 4 is 11.8 Å². The first-order valence-corrected chi connectivity index (χ1v) is 6.69. The first-order chi connectivity index (χ1) is 7.27. The topological polar surface area (TPSA) is 26.0 Å². The smallest absolute Gasteiger partial charge is 0.0419 e. The molecule has 0 saturated carbocycles. The summed E-state index contributed by atoms with van der Waals surface area (Å²) >= 11 is 1.98. The molecule has 1 nitrogen and oxygen atoms in total. The fourth-order valence-electron chi connectivity index (χ4n) is 1.37. The molecule has 0 radical (unpaired) electrons. The van der Waals surface area contributed by atoms with E-state index in [1.165, 1.54) is 17.7 Å². The molecule has 0 aliphatic rings. The first-order valence-electron chi connectivity index (χ1n) is 5.64. The number of benzene rings is 1. The predicted octanol–water partition coefficient (Wildman–Crippen LogP) is 3.47. The summed E-state index contributed by atoms with van der Waals surface area (Å²) in [5.41, 5.74) is 7.17. The molecule has 1 aromatic carbocycles. The second-order valence-electron chi connectivity index (χ2n) is 3.98. The summed E-state index contributed by atoms with van der Waals surface area (Å²) in [4.78, 5) is 0. The van der Waals surface area contributed by atoms with Crippen molar-refractivity contribution in [3.05, 3.63) is 35.9 Å². The average Bonchev–Trinajstić information content (AvgIpc) is 2.31. The van der Waals surface area contributed by atoms with Gasteiger partial charge in [0.2, 0.25) is 0 Å². The highest BCUT2D eigenvalue weighted by Crippen LogP contribution is 2.29. The highest BCUT2D eigenvalue weighted by atomic mass is 32.2. The molecule has 0 bridgehead atoms. The Balaban J connectivity index is 2.50. The largest absolute Gasteiger partial charge is 0.329 e. The van der Waals surface area contributed by atoms with Gasteiger partial charge in [0.05, 0.1) is 0 Å². The maximum Gasteiger partial charge on any atom is 0.0419 e. The monoisotopic (exact) mass is 223 g/mol. The van der Waals surface area contributed by atoms with Crippen molar-refractivity contribution in [1.29, 1.82) is 0 Å². The van der Waals surface area contributed by atoms with Crippen LogP contribution < -0.4 is 5.73 Å². The fraction of sp³-hybridized carbons (Fsp3) is 0.538. The highest BCUT2D eigenvalue weighted by molar-refractivity contribution is 7.99. The van der Waals surface area contributed by atoms with E-state index in [9.17, 15) is 0 Å². The molecule has 0 heterocycles. The van der Waals surface area contributed by atoms with Gasteiger partial charge in [-0.1, -0.05) is 50.6 Å². The van der Waals surface area contributed by atoms with E-state index in [-0.39, 0.29) is 0 Å². The minimum atomic E-state index is 0.459. The van der Waals surface area contributed by atoms with Crippen molar-refractivity contribution in [2.75, 3.05) is 12.3 Å². The van der Waals surface area contributed by atoms with Crippen LogP contribution in [0.1, 0.15) is 31.1 Å². The zero-order valence-electron chi connectivity index (χ0n) is 9.65. The van der Waals surface area contributed by atoms with Gasteiger partial charge in [-0.3, -0.25) is 0 Å². The van der Waals surface area contributed by atoms with Crippen molar-refractivity contribution < 1.29 is 0 Å². The number of hydrogen-bond donors (Lipinski definition) is 1. The molecule has 0 spiro atoms. The fourth-order valence-corrected chi connectivity index (χ4v) is 2.65. The lowest BCUT2D eigenvalue weighted by Gasteiger charge is -2.17. The SMILES string of the molecule is CCC(C)CSC(CN)c1ccccc1. The van der Waals surface area contributed by atoms with Gasteiger partial charge < -0.3 is 5.73 Å². The van der Waals surface area contributed by atoms with Gasteiger partial charge >= 0.3 is 0 Å². The molecule has 0 aliphatic heterocycles. The van der Waals surface area contributed by atoms with E-state index in [0.717, 1.165) is 12.5 Å². The Morgan fingerprint density at radius 3 is 2.47 bits per heavy atom. The third kappa shape index (κ3) is 4.27. The van der Waals surface area contributed by atoms with Crippen LogP contribution in [0.25, 0.3) is 0 Å². The van der Waals surface area contributed by atoms with Gasteiger partial charge in [-0.15, -0.1) is 0 Å². The quantitative estimate of drug-likeness (QED) is 0.799. The molecule has 0 amide bonds. The van der Waals surface area contributed by atoms with Gasteiger partial charge in [-0.25, -0.2) is 0 Å². The minimum absolute atomic E-state index is 0.459. The molecule has 84 valence electrons. The number of hydrogen-bond acceptors (Lipinski definition) is 2. The zero-order valence-corrected chi connectivity index (χ0v) is 10.5. The van der Waals surface area contributed by atoms with Crippen molar-refractivity contribution in [2.24, 2.45) is 11.7 Å². The van der Waals surface area contributed by atoms with Crippen molar-refractivity contribution in [3.8, 4) is 0 Å². The second-order valence-corrected chi connectivity index (χ2v) is 5.22. The molecule has 0 aromatic heterocycles. The third-order valence-electron chi connectivity index (χ3n) is 2.66. The Hall–Kier alpha value is -0.470. The van der Waals surface area contributed by atoms with Gasteiger partial charge in [0.1, 0.15) is 0 Å². The zero-order chi connectivity index (χ0) is 11.1. The van der Waals surface area contributed by atoms with Crippen LogP contribution in [0.2, 0.25) is 0 Å². The second kappa shape index (κ2) is 6.91. The molecular formula is C13H21NS. The van der Waals surface area contributed by atoms with E-state index in [4.69, 9.17) is 5.73 Å². The molecule has 0 aliphatic carbocycles. The van der Waals surface area contributed by atoms with Crippen LogP contribution in [0.15, 0.2) is 30.3 Å². The molecule has 2 N–H and O–H groups in total. The van der Waals surface area contributed by atoms with Crippen LogP contribution in [0.4, 0.5) is 0 Å². The van der Waals surface area contributed by atoms with Gasteiger partial charge in [0.15, 0.2) is 0 Å². The van der Waals surface area contributed by atoms with Crippen LogP contribution in [-0.4, -0.2) is 12.3 Å². The minimum Gasteiger partial charge on any atom is -0.329 e. The lowest BCUT2D eigenvalue weighted by Crippen LogP contribution is -2.11. The molecule has 0 saturated heterocycles. The number of thioether (sulfide) groups is 1. The molecule has 2 atom stereocenters. The Kier molecular flexibility index (Phi) is 5.81. The predicted molar refractivity (Wildman–Crippen MR) is 70.2 cm³/mol. The number of nitrogens with two attached hydrogens (primary N) is 1. The van der Waals surface area contributed by atoms with E-state index in [1.807, 2.05) is 11.8 Å². The van der Waals surface area contributed by atoms with Crippen molar-refractivity contribution in [2.45, 2.75) is 25.5 Å². The van der Waals surface area contributed by atoms with E-state index in [2.05, 4.69) is 44.2 Å². The summed E-state index contributed by atoms with van der Waals surface area (Å²) < 4.78 is 0. The Labute approximate surface area is 97.4 Å². The van der Waals surface area contributed by atoms with Crippen LogP contribution in [0, 0.1) is 5.92 Å². The normalized spacial score (nSPS) is 14.9. The Morgan fingerprint density at radius 1 is 1.27 bits per heavy atom. The van der Waals surface area contributed by atoms with Crippen molar-refractivity contribution in [1.82, 2.24) is 0 Å². The van der Waals surface area contributed by atoms with E-state index < -0.39 is 0 Å². The summed E-state index contributed by atoms with van der Waals surface area (Å²) in [5, 5.41) is 0.459. The Morgan fingerprint density at radius 2 is 1.93 bits per heavy atom. The van der Waals surface area contributed by atoms with Crippen LogP contribution >= 0.6 is 11.8 Å². The molecule has 1 rings (SSSR count). The van der Waals surface area contributed by atoms with E-state index >= 15 is 0 Å². The molecule has 2 unspecified atom stereocenters. The molecule has 0 fully saturated rings. The molecule has 1 aromatic rings. The lowest BCUT2D eigenvalue weighted by molar-refractivity contribution is 0.635.